The van der Waals surface area contributed by atoms with Crippen LogP contribution in [-0.4, -0.2) is 55.6 Å². The van der Waals surface area contributed by atoms with Gasteiger partial charge >= 0.3 is 6.09 Å². The van der Waals surface area contributed by atoms with E-state index in [2.05, 4.69) is 4.99 Å². The molecule has 0 N–H and O–H groups in total. The lowest BCUT2D eigenvalue weighted by molar-refractivity contribution is -0.384. The van der Waals surface area contributed by atoms with Crippen LogP contribution in [0.25, 0.3) is 0 Å². The van der Waals surface area contributed by atoms with Crippen molar-refractivity contribution >= 4 is 27.7 Å². The Bertz CT molecular complexity index is 805. The van der Waals surface area contributed by atoms with Gasteiger partial charge in [0.1, 0.15) is 12.4 Å². The molecule has 0 bridgehead atoms. The van der Waals surface area contributed by atoms with Gasteiger partial charge in [-0.3, -0.25) is 14.3 Å². The number of rotatable bonds is 5. The number of ether oxygens (including phenoxy) is 1. The lowest BCUT2D eigenvalue weighted by atomic mass is 10.2. The molecule has 1 saturated heterocycles. The third-order valence-electron chi connectivity index (χ3n) is 3.68. The van der Waals surface area contributed by atoms with Crippen LogP contribution in [0.3, 0.4) is 0 Å². The number of nitro groups is 1. The number of nitrogens with zero attached hydrogens (tertiary/aromatic N) is 3. The van der Waals surface area contributed by atoms with Crippen LogP contribution in [0.2, 0.25) is 0 Å². The molecular weight excluding hydrogens is 366 g/mol. The lowest BCUT2D eigenvalue weighted by Crippen LogP contribution is -2.29. The molecule has 1 aliphatic rings. The maximum atomic E-state index is 11.8. The van der Waals surface area contributed by atoms with Gasteiger partial charge < -0.3 is 9.64 Å². The van der Waals surface area contributed by atoms with E-state index >= 15 is 0 Å². The zero-order chi connectivity index (χ0) is 19.3. The Hall–Kier alpha value is -2.53. The summed E-state index contributed by atoms with van der Waals surface area (Å²) in [6.45, 7) is 2.40. The molecule has 1 amide bonds. The van der Waals surface area contributed by atoms with Gasteiger partial charge in [0, 0.05) is 25.2 Å². The molecule has 0 aliphatic carbocycles. The summed E-state index contributed by atoms with van der Waals surface area (Å²) >= 11 is 0. The quantitative estimate of drug-likeness (QED) is 0.246. The van der Waals surface area contributed by atoms with E-state index in [-0.39, 0.29) is 12.3 Å². The Labute approximate surface area is 150 Å². The van der Waals surface area contributed by atoms with E-state index in [9.17, 15) is 23.3 Å². The zero-order valence-electron chi connectivity index (χ0n) is 14.3. The summed E-state index contributed by atoms with van der Waals surface area (Å²) in [4.78, 5) is 27.4. The Kier molecular flexibility index (Phi) is 6.27. The fourth-order valence-corrected chi connectivity index (χ4v) is 3.09. The summed E-state index contributed by atoms with van der Waals surface area (Å²) < 4.78 is 32.2. The lowest BCUT2D eigenvalue weighted by Gasteiger charge is -2.17. The van der Waals surface area contributed by atoms with Crippen LogP contribution in [0.15, 0.2) is 29.3 Å². The third-order valence-corrected chi connectivity index (χ3v) is 4.30. The number of aliphatic imine (C=N–C) groups is 1. The Morgan fingerprint density at radius 1 is 1.38 bits per heavy atom. The van der Waals surface area contributed by atoms with Crippen LogP contribution >= 0.6 is 0 Å². The van der Waals surface area contributed by atoms with Crippen molar-refractivity contribution in [2.75, 3.05) is 19.3 Å². The van der Waals surface area contributed by atoms with Gasteiger partial charge in [-0.25, -0.2) is 4.79 Å². The minimum Gasteiger partial charge on any atom is -0.443 e. The first-order chi connectivity index (χ1) is 12.1. The summed E-state index contributed by atoms with van der Waals surface area (Å²) in [6.07, 6.45) is 0.240. The van der Waals surface area contributed by atoms with Gasteiger partial charge in [-0.15, -0.1) is 0 Å². The molecule has 0 saturated carbocycles. The number of hydrogen-bond donors (Lipinski definition) is 0. The number of benzene rings is 1. The first-order valence-corrected chi connectivity index (χ1v) is 9.54. The fraction of sp³-hybridized carbons (Fsp3) is 0.467. The number of nitro benzene ring substituents is 1. The number of carbonyl (C=O) groups is 1. The molecule has 1 fully saturated rings. The molecular formula is C15H19N3O7S. The molecule has 0 aromatic heterocycles. The molecule has 0 spiro atoms. The normalized spacial score (nSPS) is 18.0. The van der Waals surface area contributed by atoms with E-state index in [1.165, 1.54) is 24.3 Å². The topological polar surface area (TPSA) is 128 Å². The third kappa shape index (κ3) is 6.08. The smallest absolute Gasteiger partial charge is 0.435 e. The molecule has 1 aliphatic heterocycles. The summed E-state index contributed by atoms with van der Waals surface area (Å²) in [5.41, 5.74) is 0.549. The highest BCUT2D eigenvalue weighted by Gasteiger charge is 2.27. The Morgan fingerprint density at radius 2 is 2.04 bits per heavy atom. The van der Waals surface area contributed by atoms with Crippen LogP contribution in [0.4, 0.5) is 10.5 Å². The van der Waals surface area contributed by atoms with E-state index in [1.54, 1.807) is 11.8 Å². The highest BCUT2D eigenvalue weighted by Crippen LogP contribution is 2.16. The molecule has 2 rings (SSSR count). The van der Waals surface area contributed by atoms with E-state index in [0.717, 1.165) is 6.26 Å². The van der Waals surface area contributed by atoms with Crippen LogP contribution in [0.5, 0.6) is 0 Å². The van der Waals surface area contributed by atoms with Crippen LogP contribution < -0.4 is 0 Å². The number of carbonyl (C=O) groups excluding carboxylic acids is 1. The first kappa shape index (κ1) is 19.8. The Balaban J connectivity index is 1.85. The molecule has 1 atom stereocenters. The maximum absolute atomic E-state index is 11.8. The van der Waals surface area contributed by atoms with Crippen molar-refractivity contribution in [1.82, 2.24) is 4.90 Å². The van der Waals surface area contributed by atoms with Crippen molar-refractivity contribution in [3.8, 4) is 0 Å². The molecule has 0 radical (unpaired) electrons. The molecule has 1 unspecified atom stereocenters. The van der Waals surface area contributed by atoms with Crippen LogP contribution in [-0.2, 0) is 25.6 Å². The number of amides is 1. The predicted octanol–water partition coefficient (Wildman–Crippen LogP) is 1.70. The van der Waals surface area contributed by atoms with Gasteiger partial charge in [-0.1, -0.05) is 0 Å². The van der Waals surface area contributed by atoms with Crippen molar-refractivity contribution < 1.29 is 27.1 Å². The van der Waals surface area contributed by atoms with Crippen molar-refractivity contribution in [3.05, 3.63) is 39.9 Å². The minimum atomic E-state index is -3.53. The summed E-state index contributed by atoms with van der Waals surface area (Å²) in [5, 5.41) is 10.6. The maximum Gasteiger partial charge on any atom is 0.435 e. The average Bonchev–Trinajstić information content (AvgIpc) is 3.00. The zero-order valence-corrected chi connectivity index (χ0v) is 15.1. The van der Waals surface area contributed by atoms with Crippen molar-refractivity contribution in [2.45, 2.75) is 26.1 Å². The standard InChI is InChI=1S/C15H19N3O7S/c1-11(17-8-7-14(9-17)25-26(2,22)23)16-15(19)24-10-12-3-5-13(6-4-12)18(20)21/h3-6,14H,7-10H2,1-2H3. The van der Waals surface area contributed by atoms with E-state index in [0.29, 0.717) is 30.9 Å². The van der Waals surface area contributed by atoms with E-state index in [4.69, 9.17) is 8.92 Å². The first-order valence-electron chi connectivity index (χ1n) is 7.72. The van der Waals surface area contributed by atoms with Crippen LogP contribution in [0.1, 0.15) is 18.9 Å². The molecule has 142 valence electrons. The van der Waals surface area contributed by atoms with E-state index < -0.39 is 27.2 Å². The molecule has 1 heterocycles. The van der Waals surface area contributed by atoms with Gasteiger partial charge in [0.15, 0.2) is 0 Å². The number of non-ortho nitro benzene ring substituents is 1. The monoisotopic (exact) mass is 385 g/mol. The van der Waals surface area contributed by atoms with Crippen molar-refractivity contribution in [1.29, 1.82) is 0 Å². The number of likely N-dealkylation sites (tertiary alicyclic amines) is 1. The Morgan fingerprint density at radius 3 is 2.62 bits per heavy atom. The number of amidine groups is 1. The molecule has 10 nitrogen and oxygen atoms in total. The second-order valence-corrected chi connectivity index (χ2v) is 7.39. The van der Waals surface area contributed by atoms with E-state index in [1.807, 2.05) is 0 Å². The molecule has 11 heteroatoms. The highest BCUT2D eigenvalue weighted by molar-refractivity contribution is 7.86. The van der Waals surface area contributed by atoms with Gasteiger partial charge in [0.2, 0.25) is 0 Å². The fourth-order valence-electron chi connectivity index (χ4n) is 2.44. The largest absolute Gasteiger partial charge is 0.443 e. The second kappa shape index (κ2) is 8.23. The average molecular weight is 385 g/mol. The number of hydrogen-bond acceptors (Lipinski definition) is 7. The predicted molar refractivity (Wildman–Crippen MR) is 92.3 cm³/mol. The molecule has 1 aromatic carbocycles. The molecule has 26 heavy (non-hydrogen) atoms. The van der Waals surface area contributed by atoms with Gasteiger partial charge in [0.05, 0.1) is 17.3 Å². The molecule has 1 aromatic rings. The second-order valence-electron chi connectivity index (χ2n) is 5.79. The highest BCUT2D eigenvalue weighted by atomic mass is 32.2. The van der Waals surface area contributed by atoms with Crippen molar-refractivity contribution in [2.24, 2.45) is 4.99 Å². The van der Waals surface area contributed by atoms with Crippen LogP contribution in [0, 0.1) is 10.1 Å². The van der Waals surface area contributed by atoms with Gasteiger partial charge in [0.25, 0.3) is 15.8 Å². The summed E-state index contributed by atoms with van der Waals surface area (Å²) in [6, 6.07) is 5.64. The SMILES string of the molecule is CC(=NC(=O)OCc1ccc([N+](=O)[O-])cc1)N1CCC(OS(C)(=O)=O)C1. The van der Waals surface area contributed by atoms with Gasteiger partial charge in [-0.05, 0) is 31.0 Å². The minimum absolute atomic E-state index is 0.0474. The van der Waals surface area contributed by atoms with Crippen molar-refractivity contribution in [3.63, 3.8) is 0 Å². The summed E-state index contributed by atoms with van der Waals surface area (Å²) in [5.74, 6) is 0.401. The summed E-state index contributed by atoms with van der Waals surface area (Å²) in [7, 11) is -3.53. The van der Waals surface area contributed by atoms with Gasteiger partial charge in [-0.2, -0.15) is 13.4 Å².